The SMILES string of the molecule is N#Cc1ccc(N2CCN(C(=O)C[C@@H]3CC[C@@H](COC4CNNC(=O)C4C(F)(F)F)N3)CC2)nc1. The summed E-state index contributed by atoms with van der Waals surface area (Å²) in [5.74, 6) is -2.55. The maximum absolute atomic E-state index is 13.2. The highest BCUT2D eigenvalue weighted by Gasteiger charge is 2.52. The number of aromatic nitrogens is 1. The zero-order chi connectivity index (χ0) is 25.0. The van der Waals surface area contributed by atoms with Gasteiger partial charge in [0.1, 0.15) is 11.9 Å². The second kappa shape index (κ2) is 10.8. The first kappa shape index (κ1) is 25.2. The molecular weight excluding hydrogens is 467 g/mol. The Balaban J connectivity index is 1.19. The van der Waals surface area contributed by atoms with Crippen LogP contribution in [-0.4, -0.2) is 85.4 Å². The van der Waals surface area contributed by atoms with Crippen molar-refractivity contribution >= 4 is 17.6 Å². The normalized spacial score (nSPS) is 27.4. The van der Waals surface area contributed by atoms with Gasteiger partial charge in [0, 0.05) is 57.4 Å². The molecule has 190 valence electrons. The van der Waals surface area contributed by atoms with Crippen LogP contribution in [0.25, 0.3) is 0 Å². The highest BCUT2D eigenvalue weighted by atomic mass is 19.4. The molecule has 4 rings (SSSR count). The maximum atomic E-state index is 13.2. The number of nitrogens with one attached hydrogen (secondary N) is 3. The van der Waals surface area contributed by atoms with E-state index in [1.807, 2.05) is 16.4 Å². The molecule has 3 aliphatic heterocycles. The molecule has 3 saturated heterocycles. The number of carbonyl (C=O) groups excluding carboxylic acids is 2. The summed E-state index contributed by atoms with van der Waals surface area (Å²) in [7, 11) is 0. The number of anilines is 1. The number of hydrogen-bond donors (Lipinski definition) is 3. The van der Waals surface area contributed by atoms with Crippen molar-refractivity contribution in [3.63, 3.8) is 0 Å². The first-order chi connectivity index (χ1) is 16.7. The minimum atomic E-state index is -4.69. The molecule has 0 saturated carbocycles. The van der Waals surface area contributed by atoms with E-state index in [0.29, 0.717) is 44.6 Å². The number of amides is 2. The summed E-state index contributed by atoms with van der Waals surface area (Å²) < 4.78 is 45.2. The molecule has 13 heteroatoms. The van der Waals surface area contributed by atoms with Crippen molar-refractivity contribution in [3.05, 3.63) is 23.9 Å². The van der Waals surface area contributed by atoms with Crippen molar-refractivity contribution in [2.45, 2.75) is 43.6 Å². The number of nitrogens with zero attached hydrogens (tertiary/aromatic N) is 4. The minimum absolute atomic E-state index is 0.0294. The van der Waals surface area contributed by atoms with Gasteiger partial charge in [-0.1, -0.05) is 0 Å². The fourth-order valence-electron chi connectivity index (χ4n) is 4.72. The second-order valence-electron chi connectivity index (χ2n) is 8.99. The maximum Gasteiger partial charge on any atom is 0.403 e. The van der Waals surface area contributed by atoms with E-state index in [4.69, 9.17) is 10.00 Å². The Bertz CT molecular complexity index is 945. The Hall–Kier alpha value is -2.95. The van der Waals surface area contributed by atoms with E-state index in [0.717, 1.165) is 12.2 Å². The number of ether oxygens (including phenoxy) is 1. The summed E-state index contributed by atoms with van der Waals surface area (Å²) in [6.07, 6.45) is -2.74. The standard InChI is InChI=1S/C22H28F3N7O3/c23-22(24,25)20-17(12-28-30-21(20)34)35-13-16-3-2-15(29-16)9-19(33)32-7-5-31(6-8-32)18-4-1-14(10-26)11-27-18/h1,4,11,15-17,20,28-29H,2-3,5-9,12-13H2,(H,30,34)/t15-,16-,17?,20?/m0/s1. The minimum Gasteiger partial charge on any atom is -0.374 e. The molecule has 2 unspecified atom stereocenters. The topological polar surface area (TPSA) is 123 Å². The molecule has 4 heterocycles. The molecule has 0 aromatic carbocycles. The van der Waals surface area contributed by atoms with E-state index in [-0.39, 0.29) is 31.1 Å². The molecule has 1 aromatic heterocycles. The van der Waals surface area contributed by atoms with E-state index in [2.05, 4.69) is 20.6 Å². The second-order valence-corrected chi connectivity index (χ2v) is 8.99. The molecule has 0 aliphatic carbocycles. The molecule has 35 heavy (non-hydrogen) atoms. The van der Waals surface area contributed by atoms with Crippen molar-refractivity contribution in [2.75, 3.05) is 44.2 Å². The average Bonchev–Trinajstić information content (AvgIpc) is 3.29. The first-order valence-corrected chi connectivity index (χ1v) is 11.6. The van der Waals surface area contributed by atoms with Crippen molar-refractivity contribution in [3.8, 4) is 6.07 Å². The van der Waals surface area contributed by atoms with Crippen molar-refractivity contribution < 1.29 is 27.5 Å². The number of halogens is 3. The largest absolute Gasteiger partial charge is 0.403 e. The van der Waals surface area contributed by atoms with Crippen LogP contribution in [0, 0.1) is 17.2 Å². The molecule has 0 spiro atoms. The number of hydrogen-bond acceptors (Lipinski definition) is 8. The van der Waals surface area contributed by atoms with E-state index in [1.165, 1.54) is 6.20 Å². The smallest absolute Gasteiger partial charge is 0.374 e. The Kier molecular flexibility index (Phi) is 7.73. The van der Waals surface area contributed by atoms with Crippen LogP contribution in [0.1, 0.15) is 24.8 Å². The highest BCUT2D eigenvalue weighted by Crippen LogP contribution is 2.32. The number of pyridine rings is 1. The van der Waals surface area contributed by atoms with Gasteiger partial charge in [0.05, 0.1) is 18.3 Å². The molecule has 10 nitrogen and oxygen atoms in total. The quantitative estimate of drug-likeness (QED) is 0.516. The third kappa shape index (κ3) is 6.19. The Labute approximate surface area is 200 Å². The van der Waals surface area contributed by atoms with E-state index < -0.39 is 24.1 Å². The van der Waals surface area contributed by atoms with Crippen LogP contribution in [0.4, 0.5) is 19.0 Å². The van der Waals surface area contributed by atoms with Gasteiger partial charge in [0.2, 0.25) is 11.8 Å². The van der Waals surface area contributed by atoms with Crippen LogP contribution in [0.5, 0.6) is 0 Å². The van der Waals surface area contributed by atoms with Gasteiger partial charge in [0.25, 0.3) is 0 Å². The van der Waals surface area contributed by atoms with Gasteiger partial charge in [0.15, 0.2) is 5.92 Å². The van der Waals surface area contributed by atoms with Gasteiger partial charge in [-0.2, -0.15) is 18.4 Å². The van der Waals surface area contributed by atoms with Crippen LogP contribution in [0.15, 0.2) is 18.3 Å². The van der Waals surface area contributed by atoms with Gasteiger partial charge >= 0.3 is 6.18 Å². The summed E-state index contributed by atoms with van der Waals surface area (Å²) in [6, 6.07) is 5.31. The molecular formula is C22H28F3N7O3. The summed E-state index contributed by atoms with van der Waals surface area (Å²) in [4.78, 5) is 32.6. The van der Waals surface area contributed by atoms with Gasteiger partial charge in [-0.05, 0) is 25.0 Å². The lowest BCUT2D eigenvalue weighted by molar-refractivity contribution is -0.213. The fraction of sp³-hybridized carbons (Fsp3) is 0.636. The molecule has 3 fully saturated rings. The number of alkyl halides is 3. The zero-order valence-corrected chi connectivity index (χ0v) is 19.1. The third-order valence-electron chi connectivity index (χ3n) is 6.62. The predicted octanol–water partition coefficient (Wildman–Crippen LogP) is 0.311. The lowest BCUT2D eigenvalue weighted by Gasteiger charge is -2.36. The predicted molar refractivity (Wildman–Crippen MR) is 118 cm³/mol. The fourth-order valence-corrected chi connectivity index (χ4v) is 4.72. The van der Waals surface area contributed by atoms with E-state index in [1.54, 1.807) is 12.1 Å². The first-order valence-electron chi connectivity index (χ1n) is 11.6. The van der Waals surface area contributed by atoms with Crippen molar-refractivity contribution in [1.82, 2.24) is 26.1 Å². The van der Waals surface area contributed by atoms with Crippen LogP contribution < -0.4 is 21.1 Å². The summed E-state index contributed by atoms with van der Waals surface area (Å²) in [6.45, 7) is 2.32. The summed E-state index contributed by atoms with van der Waals surface area (Å²) >= 11 is 0. The number of nitriles is 1. The summed E-state index contributed by atoms with van der Waals surface area (Å²) in [5, 5.41) is 12.2. The lowest BCUT2D eigenvalue weighted by Crippen LogP contribution is -2.60. The molecule has 0 bridgehead atoms. The van der Waals surface area contributed by atoms with Crippen LogP contribution in [0.3, 0.4) is 0 Å². The molecule has 1 aromatic rings. The number of rotatable bonds is 6. The number of piperazine rings is 1. The third-order valence-corrected chi connectivity index (χ3v) is 6.62. The van der Waals surface area contributed by atoms with Gasteiger partial charge < -0.3 is 19.9 Å². The lowest BCUT2D eigenvalue weighted by atomic mass is 9.99. The highest BCUT2D eigenvalue weighted by molar-refractivity contribution is 5.80. The van der Waals surface area contributed by atoms with Crippen LogP contribution in [-0.2, 0) is 14.3 Å². The Morgan fingerprint density at radius 2 is 1.94 bits per heavy atom. The van der Waals surface area contributed by atoms with Gasteiger partial charge in [-0.25, -0.2) is 10.4 Å². The zero-order valence-electron chi connectivity index (χ0n) is 19.1. The van der Waals surface area contributed by atoms with Crippen molar-refractivity contribution in [1.29, 1.82) is 5.26 Å². The van der Waals surface area contributed by atoms with Gasteiger partial charge in [-0.15, -0.1) is 0 Å². The Morgan fingerprint density at radius 1 is 1.20 bits per heavy atom. The molecule has 4 atom stereocenters. The summed E-state index contributed by atoms with van der Waals surface area (Å²) in [5.41, 5.74) is 4.94. The van der Waals surface area contributed by atoms with E-state index in [9.17, 15) is 22.8 Å². The van der Waals surface area contributed by atoms with Crippen LogP contribution >= 0.6 is 0 Å². The molecule has 3 aliphatic rings. The van der Waals surface area contributed by atoms with Gasteiger partial charge in [-0.3, -0.25) is 15.0 Å². The Morgan fingerprint density at radius 3 is 2.60 bits per heavy atom. The molecule has 3 N–H and O–H groups in total. The number of carbonyl (C=O) groups is 2. The monoisotopic (exact) mass is 495 g/mol. The average molecular weight is 496 g/mol. The molecule has 0 radical (unpaired) electrons. The molecule has 2 amide bonds. The van der Waals surface area contributed by atoms with Crippen molar-refractivity contribution in [2.24, 2.45) is 5.92 Å². The van der Waals surface area contributed by atoms with E-state index >= 15 is 0 Å². The number of hydrazine groups is 1. The van der Waals surface area contributed by atoms with Crippen LogP contribution in [0.2, 0.25) is 0 Å².